The van der Waals surface area contributed by atoms with Crippen LogP contribution < -0.4 is 14.4 Å². The van der Waals surface area contributed by atoms with Gasteiger partial charge in [-0.05, 0) is 60.0 Å². The Morgan fingerprint density at radius 3 is 2.56 bits per heavy atom. The third-order valence-corrected chi connectivity index (χ3v) is 5.93. The smallest absolute Gasteiger partial charge is 0.227 e. The van der Waals surface area contributed by atoms with Gasteiger partial charge in [-0.3, -0.25) is 4.79 Å². The second-order valence-corrected chi connectivity index (χ2v) is 8.15. The summed E-state index contributed by atoms with van der Waals surface area (Å²) in [5.41, 5.74) is 3.85. The lowest BCUT2D eigenvalue weighted by atomic mass is 10.0. The molecular formula is C28H30N2O4. The zero-order valence-corrected chi connectivity index (χ0v) is 19.5. The zero-order chi connectivity index (χ0) is 23.9. The molecule has 4 aromatic rings. The first-order chi connectivity index (χ1) is 16.6. The van der Waals surface area contributed by atoms with Gasteiger partial charge in [0.05, 0.1) is 19.8 Å². The molecule has 0 aliphatic carbocycles. The second-order valence-electron chi connectivity index (χ2n) is 8.15. The molecule has 0 saturated heterocycles. The summed E-state index contributed by atoms with van der Waals surface area (Å²) in [5.74, 6) is 1.45. The van der Waals surface area contributed by atoms with E-state index in [4.69, 9.17) is 9.47 Å². The molecule has 0 fully saturated rings. The van der Waals surface area contributed by atoms with Gasteiger partial charge in [0.15, 0.2) is 0 Å². The minimum atomic E-state index is -0.379. The predicted molar refractivity (Wildman–Crippen MR) is 134 cm³/mol. The molecule has 0 spiro atoms. The van der Waals surface area contributed by atoms with Crippen molar-refractivity contribution in [3.8, 4) is 11.5 Å². The van der Waals surface area contributed by atoms with Crippen LogP contribution in [0.2, 0.25) is 0 Å². The van der Waals surface area contributed by atoms with Gasteiger partial charge in [-0.2, -0.15) is 0 Å². The number of hydrogen-bond donors (Lipinski definition) is 2. The molecule has 176 valence electrons. The lowest BCUT2D eigenvalue weighted by Gasteiger charge is -2.31. The number of methoxy groups -OCH3 is 1. The van der Waals surface area contributed by atoms with E-state index in [1.807, 2.05) is 79.9 Å². The number of aromatic nitrogens is 1. The topological polar surface area (TPSA) is 74.8 Å². The SMILES string of the molecule is CCC(=O)N(c1ccc(OCc2cccc(OC)c2)cc1)[C@@H](CO)Cc1c[nH]c2ccccc12. The molecule has 4 rings (SSSR count). The molecule has 0 aliphatic rings. The highest BCUT2D eigenvalue weighted by Gasteiger charge is 2.25. The first kappa shape index (κ1) is 23.4. The molecule has 3 aromatic carbocycles. The van der Waals surface area contributed by atoms with Crippen LogP contribution in [-0.4, -0.2) is 35.8 Å². The molecule has 6 nitrogen and oxygen atoms in total. The summed E-state index contributed by atoms with van der Waals surface area (Å²) in [4.78, 5) is 17.9. The molecule has 1 aromatic heterocycles. The fraction of sp³-hybridized carbons (Fsp3) is 0.250. The van der Waals surface area contributed by atoms with Crippen molar-refractivity contribution in [2.75, 3.05) is 18.6 Å². The number of aromatic amines is 1. The van der Waals surface area contributed by atoms with Crippen molar-refractivity contribution in [2.24, 2.45) is 0 Å². The third kappa shape index (κ3) is 5.24. The molecule has 34 heavy (non-hydrogen) atoms. The molecular weight excluding hydrogens is 428 g/mol. The molecule has 1 amide bonds. The van der Waals surface area contributed by atoms with Crippen LogP contribution in [0.1, 0.15) is 24.5 Å². The van der Waals surface area contributed by atoms with Gasteiger partial charge in [0.25, 0.3) is 0 Å². The Bertz CT molecular complexity index is 1230. The minimum Gasteiger partial charge on any atom is -0.497 e. The fourth-order valence-corrected chi connectivity index (χ4v) is 4.15. The number of anilines is 1. The molecule has 0 saturated carbocycles. The standard InChI is InChI=1S/C28H30N2O4/c1-3-28(32)30(23(18-31)16-21-17-29-27-10-5-4-9-26(21)27)22-11-13-24(14-12-22)34-19-20-7-6-8-25(15-20)33-2/h4-15,17,23,29,31H,3,16,18-19H2,1-2H3/t23-/m1/s1. The van der Waals surface area contributed by atoms with Gasteiger partial charge in [-0.25, -0.2) is 0 Å². The van der Waals surface area contributed by atoms with Crippen LogP contribution in [0.5, 0.6) is 11.5 Å². The van der Waals surface area contributed by atoms with E-state index in [0.717, 1.165) is 33.5 Å². The Morgan fingerprint density at radius 2 is 1.82 bits per heavy atom. The van der Waals surface area contributed by atoms with E-state index in [0.29, 0.717) is 25.2 Å². The number of ether oxygens (including phenoxy) is 2. The van der Waals surface area contributed by atoms with E-state index in [2.05, 4.69) is 11.1 Å². The van der Waals surface area contributed by atoms with Gasteiger partial charge in [0, 0.05) is 29.2 Å². The molecule has 1 heterocycles. The number of hydrogen-bond acceptors (Lipinski definition) is 4. The second kappa shape index (κ2) is 10.9. The number of H-pyrrole nitrogens is 1. The van der Waals surface area contributed by atoms with Crippen molar-refractivity contribution in [2.45, 2.75) is 32.4 Å². The quantitative estimate of drug-likeness (QED) is 0.347. The number of aliphatic hydroxyl groups is 1. The lowest BCUT2D eigenvalue weighted by molar-refractivity contribution is -0.119. The summed E-state index contributed by atoms with van der Waals surface area (Å²) >= 11 is 0. The monoisotopic (exact) mass is 458 g/mol. The zero-order valence-electron chi connectivity index (χ0n) is 19.5. The highest BCUT2D eigenvalue weighted by Crippen LogP contribution is 2.26. The number of para-hydroxylation sites is 1. The van der Waals surface area contributed by atoms with E-state index in [9.17, 15) is 9.90 Å². The van der Waals surface area contributed by atoms with E-state index >= 15 is 0 Å². The molecule has 6 heteroatoms. The molecule has 0 bridgehead atoms. The van der Waals surface area contributed by atoms with Crippen LogP contribution in [0.3, 0.4) is 0 Å². The van der Waals surface area contributed by atoms with Gasteiger partial charge in [-0.1, -0.05) is 37.3 Å². The molecule has 2 N–H and O–H groups in total. The lowest BCUT2D eigenvalue weighted by Crippen LogP contribution is -2.43. The number of amides is 1. The number of benzene rings is 3. The van der Waals surface area contributed by atoms with Crippen LogP contribution in [0.15, 0.2) is 79.0 Å². The number of fused-ring (bicyclic) bond motifs is 1. The molecule has 0 radical (unpaired) electrons. The minimum absolute atomic E-state index is 0.0380. The van der Waals surface area contributed by atoms with Gasteiger partial charge in [0.2, 0.25) is 5.91 Å². The van der Waals surface area contributed by atoms with Crippen LogP contribution in [0.25, 0.3) is 10.9 Å². The third-order valence-electron chi connectivity index (χ3n) is 5.93. The van der Waals surface area contributed by atoms with E-state index in [1.165, 1.54) is 0 Å². The highest BCUT2D eigenvalue weighted by molar-refractivity contribution is 5.94. The van der Waals surface area contributed by atoms with Crippen LogP contribution in [0, 0.1) is 0 Å². The Morgan fingerprint density at radius 1 is 1.03 bits per heavy atom. The molecule has 1 atom stereocenters. The summed E-state index contributed by atoms with van der Waals surface area (Å²) in [7, 11) is 1.64. The number of carbonyl (C=O) groups excluding carboxylic acids is 1. The maximum absolute atomic E-state index is 12.9. The average Bonchev–Trinajstić information content (AvgIpc) is 3.30. The van der Waals surface area contributed by atoms with Crippen molar-refractivity contribution in [1.29, 1.82) is 0 Å². The largest absolute Gasteiger partial charge is 0.497 e. The predicted octanol–water partition coefficient (Wildman–Crippen LogP) is 5.10. The maximum Gasteiger partial charge on any atom is 0.227 e. The van der Waals surface area contributed by atoms with Crippen LogP contribution in [-0.2, 0) is 17.8 Å². The van der Waals surface area contributed by atoms with Gasteiger partial charge in [-0.15, -0.1) is 0 Å². The summed E-state index contributed by atoms with van der Waals surface area (Å²) in [6.07, 6.45) is 2.84. The Labute approximate surface area is 199 Å². The molecule has 0 unspecified atom stereocenters. The first-order valence-corrected chi connectivity index (χ1v) is 11.5. The van der Waals surface area contributed by atoms with Crippen molar-refractivity contribution >= 4 is 22.5 Å². The number of nitrogens with zero attached hydrogens (tertiary/aromatic N) is 1. The molecule has 0 aliphatic heterocycles. The number of carbonyl (C=O) groups is 1. The number of nitrogens with one attached hydrogen (secondary N) is 1. The first-order valence-electron chi connectivity index (χ1n) is 11.5. The normalized spacial score (nSPS) is 11.9. The van der Waals surface area contributed by atoms with Gasteiger partial charge in [0.1, 0.15) is 18.1 Å². The number of aliphatic hydroxyl groups excluding tert-OH is 1. The highest BCUT2D eigenvalue weighted by atomic mass is 16.5. The van der Waals surface area contributed by atoms with Gasteiger partial charge < -0.3 is 24.5 Å². The van der Waals surface area contributed by atoms with Gasteiger partial charge >= 0.3 is 0 Å². The average molecular weight is 459 g/mol. The van der Waals surface area contributed by atoms with E-state index in [-0.39, 0.29) is 18.6 Å². The van der Waals surface area contributed by atoms with E-state index in [1.54, 1.807) is 12.0 Å². The Kier molecular flexibility index (Phi) is 7.50. The summed E-state index contributed by atoms with van der Waals surface area (Å²) in [5, 5.41) is 11.3. The van der Waals surface area contributed by atoms with Crippen molar-refractivity contribution in [1.82, 2.24) is 4.98 Å². The summed E-state index contributed by atoms with van der Waals surface area (Å²) < 4.78 is 11.2. The van der Waals surface area contributed by atoms with Crippen molar-refractivity contribution in [3.63, 3.8) is 0 Å². The van der Waals surface area contributed by atoms with Crippen molar-refractivity contribution in [3.05, 3.63) is 90.1 Å². The fourth-order valence-electron chi connectivity index (χ4n) is 4.15. The van der Waals surface area contributed by atoms with E-state index < -0.39 is 0 Å². The van der Waals surface area contributed by atoms with Crippen LogP contribution in [0.4, 0.5) is 5.69 Å². The Hall–Kier alpha value is -3.77. The van der Waals surface area contributed by atoms with Crippen molar-refractivity contribution < 1.29 is 19.4 Å². The maximum atomic E-state index is 12.9. The van der Waals surface area contributed by atoms with Crippen LogP contribution >= 0.6 is 0 Å². The summed E-state index contributed by atoms with van der Waals surface area (Å²) in [6, 6.07) is 22.8. The Balaban J connectivity index is 1.51. The summed E-state index contributed by atoms with van der Waals surface area (Å²) in [6.45, 7) is 2.11. The number of rotatable bonds is 10.